The summed E-state index contributed by atoms with van der Waals surface area (Å²) in [4.78, 5) is 11.2. The predicted octanol–water partition coefficient (Wildman–Crippen LogP) is 3.07. The molecule has 1 amide bonds. The fourth-order valence-electron chi connectivity index (χ4n) is 1.98. The monoisotopic (exact) mass is 285 g/mol. The number of aryl methyl sites for hydroxylation is 1. The highest BCUT2D eigenvalue weighted by molar-refractivity contribution is 5.93. The van der Waals surface area contributed by atoms with E-state index < -0.39 is 5.91 Å². The van der Waals surface area contributed by atoms with E-state index in [2.05, 4.69) is 0 Å². The van der Waals surface area contributed by atoms with Crippen molar-refractivity contribution in [3.05, 3.63) is 59.2 Å². The van der Waals surface area contributed by atoms with Crippen LogP contribution in [0.4, 0.5) is 0 Å². The van der Waals surface area contributed by atoms with Crippen LogP contribution in [0, 0.1) is 6.92 Å². The zero-order valence-electron chi connectivity index (χ0n) is 12.3. The fraction of sp³-hybridized carbons (Fsp3) is 0.235. The Morgan fingerprint density at radius 3 is 2.52 bits per heavy atom. The van der Waals surface area contributed by atoms with Crippen molar-refractivity contribution in [2.45, 2.75) is 20.5 Å². The van der Waals surface area contributed by atoms with Gasteiger partial charge in [-0.05, 0) is 43.2 Å². The molecule has 110 valence electrons. The molecule has 0 aromatic heterocycles. The van der Waals surface area contributed by atoms with Crippen LogP contribution in [0.25, 0.3) is 0 Å². The van der Waals surface area contributed by atoms with E-state index in [1.54, 1.807) is 18.2 Å². The van der Waals surface area contributed by atoms with Crippen molar-refractivity contribution in [2.24, 2.45) is 5.73 Å². The van der Waals surface area contributed by atoms with Crippen LogP contribution in [0.2, 0.25) is 0 Å². The van der Waals surface area contributed by atoms with Gasteiger partial charge in [0.25, 0.3) is 0 Å². The van der Waals surface area contributed by atoms with Crippen LogP contribution in [0.3, 0.4) is 0 Å². The van der Waals surface area contributed by atoms with E-state index in [1.165, 1.54) is 5.56 Å². The van der Waals surface area contributed by atoms with E-state index in [1.807, 2.05) is 38.1 Å². The molecule has 0 aliphatic heterocycles. The molecule has 0 bridgehead atoms. The van der Waals surface area contributed by atoms with Crippen molar-refractivity contribution in [1.82, 2.24) is 0 Å². The van der Waals surface area contributed by atoms with E-state index >= 15 is 0 Å². The van der Waals surface area contributed by atoms with Crippen molar-refractivity contribution in [3.63, 3.8) is 0 Å². The number of rotatable bonds is 6. The predicted molar refractivity (Wildman–Crippen MR) is 81.6 cm³/mol. The summed E-state index contributed by atoms with van der Waals surface area (Å²) in [7, 11) is 0. The number of benzene rings is 2. The van der Waals surface area contributed by atoms with Gasteiger partial charge >= 0.3 is 0 Å². The van der Waals surface area contributed by atoms with Crippen molar-refractivity contribution in [3.8, 4) is 11.5 Å². The van der Waals surface area contributed by atoms with E-state index in [4.69, 9.17) is 15.2 Å². The maximum atomic E-state index is 11.2. The third kappa shape index (κ3) is 3.75. The summed E-state index contributed by atoms with van der Waals surface area (Å²) >= 11 is 0. The van der Waals surface area contributed by atoms with Gasteiger partial charge in [0.1, 0.15) is 6.61 Å². The van der Waals surface area contributed by atoms with Gasteiger partial charge in [0, 0.05) is 5.56 Å². The van der Waals surface area contributed by atoms with Crippen LogP contribution in [-0.4, -0.2) is 12.5 Å². The van der Waals surface area contributed by atoms with Gasteiger partial charge < -0.3 is 15.2 Å². The summed E-state index contributed by atoms with van der Waals surface area (Å²) in [5.74, 6) is 0.647. The first-order valence-electron chi connectivity index (χ1n) is 6.85. The minimum Gasteiger partial charge on any atom is -0.490 e. The number of carbonyl (C=O) groups excluding carboxylic acids is 1. The molecule has 21 heavy (non-hydrogen) atoms. The third-order valence-corrected chi connectivity index (χ3v) is 3.17. The van der Waals surface area contributed by atoms with Crippen LogP contribution < -0.4 is 15.2 Å². The smallest absolute Gasteiger partial charge is 0.248 e. The molecule has 0 saturated heterocycles. The Morgan fingerprint density at radius 2 is 1.86 bits per heavy atom. The topological polar surface area (TPSA) is 61.5 Å². The lowest BCUT2D eigenvalue weighted by molar-refractivity contribution is 0.0999. The number of ether oxygens (including phenoxy) is 2. The molecule has 0 saturated carbocycles. The highest BCUT2D eigenvalue weighted by atomic mass is 16.5. The van der Waals surface area contributed by atoms with Crippen molar-refractivity contribution >= 4 is 5.91 Å². The SMILES string of the molecule is CCOc1cc(C(N)=O)ccc1OCc1ccccc1C. The summed E-state index contributed by atoms with van der Waals surface area (Å²) < 4.78 is 11.3. The summed E-state index contributed by atoms with van der Waals surface area (Å²) in [6.07, 6.45) is 0. The lowest BCUT2D eigenvalue weighted by atomic mass is 10.1. The molecule has 0 unspecified atom stereocenters. The molecule has 0 radical (unpaired) electrons. The molecule has 2 aromatic carbocycles. The largest absolute Gasteiger partial charge is 0.490 e. The third-order valence-electron chi connectivity index (χ3n) is 3.17. The highest BCUT2D eigenvalue weighted by Crippen LogP contribution is 2.29. The first-order valence-corrected chi connectivity index (χ1v) is 6.85. The van der Waals surface area contributed by atoms with Crippen molar-refractivity contribution < 1.29 is 14.3 Å². The molecule has 2 aromatic rings. The molecule has 2 N–H and O–H groups in total. The Hall–Kier alpha value is -2.49. The van der Waals surface area contributed by atoms with Gasteiger partial charge in [-0.3, -0.25) is 4.79 Å². The number of primary amides is 1. The second kappa shape index (κ2) is 6.79. The molecule has 0 fully saturated rings. The first-order chi connectivity index (χ1) is 10.1. The zero-order valence-corrected chi connectivity index (χ0v) is 12.3. The number of carbonyl (C=O) groups is 1. The van der Waals surface area contributed by atoms with Crippen LogP contribution in [0.1, 0.15) is 28.4 Å². The lowest BCUT2D eigenvalue weighted by Crippen LogP contribution is -2.11. The molecule has 0 aliphatic rings. The second-order valence-corrected chi connectivity index (χ2v) is 4.67. The van der Waals surface area contributed by atoms with E-state index in [9.17, 15) is 4.79 Å². The zero-order chi connectivity index (χ0) is 15.2. The van der Waals surface area contributed by atoms with E-state index in [0.717, 1.165) is 5.56 Å². The molecule has 4 nitrogen and oxygen atoms in total. The number of hydrogen-bond donors (Lipinski definition) is 1. The summed E-state index contributed by atoms with van der Waals surface area (Å²) in [6, 6.07) is 13.0. The molecule has 0 spiro atoms. The van der Waals surface area contributed by atoms with Gasteiger partial charge in [-0.15, -0.1) is 0 Å². The highest BCUT2D eigenvalue weighted by Gasteiger charge is 2.10. The lowest BCUT2D eigenvalue weighted by Gasteiger charge is -2.13. The summed E-state index contributed by atoms with van der Waals surface area (Å²) in [6.45, 7) is 4.85. The average Bonchev–Trinajstić information content (AvgIpc) is 2.47. The minimum atomic E-state index is -0.485. The summed E-state index contributed by atoms with van der Waals surface area (Å²) in [5, 5.41) is 0. The maximum absolute atomic E-state index is 11.2. The Balaban J connectivity index is 2.19. The molecule has 2 rings (SSSR count). The quantitative estimate of drug-likeness (QED) is 0.887. The van der Waals surface area contributed by atoms with Crippen LogP contribution in [-0.2, 0) is 6.61 Å². The molecular weight excluding hydrogens is 266 g/mol. The van der Waals surface area contributed by atoms with Gasteiger partial charge in [-0.2, -0.15) is 0 Å². The van der Waals surface area contributed by atoms with Crippen LogP contribution >= 0.6 is 0 Å². The first kappa shape index (κ1) is 14.9. The van der Waals surface area contributed by atoms with Gasteiger partial charge in [-0.1, -0.05) is 24.3 Å². The Labute approximate surface area is 124 Å². The van der Waals surface area contributed by atoms with Crippen molar-refractivity contribution in [2.75, 3.05) is 6.61 Å². The average molecular weight is 285 g/mol. The molecule has 0 aliphatic carbocycles. The normalized spacial score (nSPS) is 10.2. The van der Waals surface area contributed by atoms with Crippen molar-refractivity contribution in [1.29, 1.82) is 0 Å². The molecule has 4 heteroatoms. The van der Waals surface area contributed by atoms with Gasteiger partial charge in [0.2, 0.25) is 5.91 Å². The Bertz CT molecular complexity index is 638. The van der Waals surface area contributed by atoms with E-state index in [-0.39, 0.29) is 0 Å². The maximum Gasteiger partial charge on any atom is 0.248 e. The van der Waals surface area contributed by atoms with Gasteiger partial charge in [0.05, 0.1) is 6.61 Å². The van der Waals surface area contributed by atoms with Gasteiger partial charge in [0.15, 0.2) is 11.5 Å². The number of hydrogen-bond acceptors (Lipinski definition) is 3. The van der Waals surface area contributed by atoms with Crippen LogP contribution in [0.15, 0.2) is 42.5 Å². The van der Waals surface area contributed by atoms with Crippen LogP contribution in [0.5, 0.6) is 11.5 Å². The van der Waals surface area contributed by atoms with Gasteiger partial charge in [-0.25, -0.2) is 0 Å². The Kier molecular flexibility index (Phi) is 4.82. The number of nitrogens with two attached hydrogens (primary N) is 1. The fourth-order valence-corrected chi connectivity index (χ4v) is 1.98. The molecule has 0 heterocycles. The Morgan fingerprint density at radius 1 is 1.10 bits per heavy atom. The van der Waals surface area contributed by atoms with E-state index in [0.29, 0.717) is 30.3 Å². The standard InChI is InChI=1S/C17H19NO3/c1-3-20-16-10-13(17(18)19)8-9-15(16)21-11-14-7-5-4-6-12(14)2/h4-10H,3,11H2,1-2H3,(H2,18,19). The minimum absolute atomic E-state index is 0.404. The molecule has 0 atom stereocenters. The second-order valence-electron chi connectivity index (χ2n) is 4.67. The number of amides is 1. The summed E-state index contributed by atoms with van der Waals surface area (Å²) in [5.41, 5.74) is 7.96. The molecular formula is C17H19NO3.